The SMILES string of the molecule is O=P(O)(O)O.O=c1cc(C(F)(F)F)c2ccccc2o1. The molecular weight excluding hydrogens is 304 g/mol. The normalized spacial score (nSPS) is 11.9. The number of fused-ring (bicyclic) bond motifs is 1. The number of rotatable bonds is 0. The largest absolute Gasteiger partial charge is 0.466 e. The number of hydrogen-bond donors (Lipinski definition) is 3. The van der Waals surface area contributed by atoms with Crippen LogP contribution >= 0.6 is 7.82 Å². The average molecular weight is 312 g/mol. The van der Waals surface area contributed by atoms with Gasteiger partial charge in [-0.05, 0) is 6.07 Å². The maximum atomic E-state index is 12.5. The highest BCUT2D eigenvalue weighted by Gasteiger charge is 2.33. The molecule has 0 unspecified atom stereocenters. The minimum Gasteiger partial charge on any atom is -0.423 e. The topological polar surface area (TPSA) is 108 Å². The van der Waals surface area contributed by atoms with Crippen molar-refractivity contribution < 1.29 is 36.8 Å². The van der Waals surface area contributed by atoms with E-state index >= 15 is 0 Å². The number of hydrogen-bond acceptors (Lipinski definition) is 3. The Morgan fingerprint density at radius 3 is 2.10 bits per heavy atom. The lowest BCUT2D eigenvalue weighted by atomic mass is 10.1. The number of phosphoric acid groups is 1. The molecule has 0 bridgehead atoms. The molecule has 3 N–H and O–H groups in total. The number of halogens is 3. The third-order valence-electron chi connectivity index (χ3n) is 1.96. The fraction of sp³-hybridized carbons (Fsp3) is 0.100. The van der Waals surface area contributed by atoms with Crippen LogP contribution in [0.4, 0.5) is 13.2 Å². The molecule has 0 aliphatic rings. The summed E-state index contributed by atoms with van der Waals surface area (Å²) in [7, 11) is -4.64. The molecule has 0 spiro atoms. The van der Waals surface area contributed by atoms with Crippen molar-refractivity contribution in [1.29, 1.82) is 0 Å². The quantitative estimate of drug-likeness (QED) is 0.506. The van der Waals surface area contributed by atoms with Crippen LogP contribution in [0.25, 0.3) is 11.0 Å². The van der Waals surface area contributed by atoms with E-state index in [0.29, 0.717) is 6.07 Å². The lowest BCUT2D eigenvalue weighted by Crippen LogP contribution is -2.10. The monoisotopic (exact) mass is 312 g/mol. The van der Waals surface area contributed by atoms with Gasteiger partial charge in [0.2, 0.25) is 0 Å². The highest BCUT2D eigenvalue weighted by atomic mass is 31.2. The zero-order valence-corrected chi connectivity index (χ0v) is 10.4. The fourth-order valence-corrected chi connectivity index (χ4v) is 1.35. The van der Waals surface area contributed by atoms with Crippen molar-refractivity contribution in [2.24, 2.45) is 0 Å². The van der Waals surface area contributed by atoms with Gasteiger partial charge < -0.3 is 19.1 Å². The Morgan fingerprint density at radius 1 is 1.10 bits per heavy atom. The third kappa shape index (κ3) is 5.14. The number of benzene rings is 1. The smallest absolute Gasteiger partial charge is 0.423 e. The number of alkyl halides is 3. The third-order valence-corrected chi connectivity index (χ3v) is 1.96. The van der Waals surface area contributed by atoms with Crippen molar-refractivity contribution in [2.45, 2.75) is 6.18 Å². The van der Waals surface area contributed by atoms with Gasteiger partial charge in [0, 0.05) is 11.5 Å². The lowest BCUT2D eigenvalue weighted by Gasteiger charge is -2.08. The van der Waals surface area contributed by atoms with Crippen LogP contribution in [0.3, 0.4) is 0 Å². The lowest BCUT2D eigenvalue weighted by molar-refractivity contribution is -0.136. The highest BCUT2D eigenvalue weighted by molar-refractivity contribution is 7.45. The Balaban J connectivity index is 0.000000347. The molecule has 0 radical (unpaired) electrons. The first-order chi connectivity index (χ1) is 8.98. The molecule has 1 heterocycles. The second-order valence-electron chi connectivity index (χ2n) is 3.49. The van der Waals surface area contributed by atoms with Gasteiger partial charge in [-0.1, -0.05) is 18.2 Å². The summed E-state index contributed by atoms with van der Waals surface area (Å²) in [6, 6.07) is 6.01. The molecular formula is C10H8F3O6P. The predicted octanol–water partition coefficient (Wildman–Crippen LogP) is 1.88. The Labute approximate surface area is 109 Å². The first-order valence-corrected chi connectivity index (χ1v) is 6.43. The molecule has 10 heteroatoms. The van der Waals surface area contributed by atoms with Gasteiger partial charge in [-0.25, -0.2) is 9.36 Å². The Kier molecular flexibility index (Phi) is 4.72. The van der Waals surface area contributed by atoms with E-state index in [1.165, 1.54) is 24.3 Å². The summed E-state index contributed by atoms with van der Waals surface area (Å²) in [5, 5.41) is -0.107. The van der Waals surface area contributed by atoms with Crippen LogP contribution in [0.5, 0.6) is 0 Å². The van der Waals surface area contributed by atoms with E-state index in [-0.39, 0.29) is 11.0 Å². The summed E-state index contributed by atoms with van der Waals surface area (Å²) in [6.45, 7) is 0. The van der Waals surface area contributed by atoms with E-state index in [9.17, 15) is 18.0 Å². The van der Waals surface area contributed by atoms with Crippen molar-refractivity contribution in [3.63, 3.8) is 0 Å². The zero-order chi connectivity index (χ0) is 15.6. The first-order valence-electron chi connectivity index (χ1n) is 4.87. The maximum absolute atomic E-state index is 12.5. The standard InChI is InChI=1S/C10H5F3O2.H3O4P/c11-10(12,13)7-5-9(14)15-8-4-2-1-3-6(7)8;1-5(2,3)4/h1-5H;(H3,1,2,3,4). The van der Waals surface area contributed by atoms with Crippen molar-refractivity contribution in [2.75, 3.05) is 0 Å². The minimum absolute atomic E-state index is 0.0580. The van der Waals surface area contributed by atoms with Gasteiger partial charge in [0.1, 0.15) is 5.58 Å². The van der Waals surface area contributed by atoms with E-state index in [1.54, 1.807) is 0 Å². The summed E-state index contributed by atoms with van der Waals surface area (Å²) >= 11 is 0. The molecule has 1 aromatic heterocycles. The van der Waals surface area contributed by atoms with Gasteiger partial charge in [-0.3, -0.25) is 0 Å². The predicted molar refractivity (Wildman–Crippen MR) is 61.7 cm³/mol. The molecule has 1 aromatic carbocycles. The van der Waals surface area contributed by atoms with Crippen LogP contribution in [0.15, 0.2) is 39.5 Å². The number of para-hydroxylation sites is 1. The van der Waals surface area contributed by atoms with Gasteiger partial charge in [0.25, 0.3) is 0 Å². The van der Waals surface area contributed by atoms with Gasteiger partial charge in [-0.15, -0.1) is 0 Å². The van der Waals surface area contributed by atoms with Crippen LogP contribution < -0.4 is 5.63 Å². The van der Waals surface area contributed by atoms with Crippen LogP contribution in [0.1, 0.15) is 5.56 Å². The molecule has 0 aliphatic carbocycles. The summed E-state index contributed by atoms with van der Waals surface area (Å²) in [4.78, 5) is 32.4. The molecule has 110 valence electrons. The second-order valence-corrected chi connectivity index (χ2v) is 4.51. The van der Waals surface area contributed by atoms with Crippen molar-refractivity contribution in [3.05, 3.63) is 46.3 Å². The van der Waals surface area contributed by atoms with Crippen LogP contribution in [0, 0.1) is 0 Å². The molecule has 0 saturated heterocycles. The fourth-order valence-electron chi connectivity index (χ4n) is 1.35. The molecule has 0 saturated carbocycles. The summed E-state index contributed by atoms with van der Waals surface area (Å²) < 4.78 is 51.1. The van der Waals surface area contributed by atoms with E-state index < -0.39 is 25.2 Å². The molecule has 0 aliphatic heterocycles. The minimum atomic E-state index is -4.64. The van der Waals surface area contributed by atoms with Crippen LogP contribution in [-0.4, -0.2) is 14.7 Å². The molecule has 20 heavy (non-hydrogen) atoms. The van der Waals surface area contributed by atoms with E-state index in [1.807, 2.05) is 0 Å². The highest BCUT2D eigenvalue weighted by Crippen LogP contribution is 2.33. The Morgan fingerprint density at radius 2 is 1.60 bits per heavy atom. The summed E-state index contributed by atoms with van der Waals surface area (Å²) in [5.74, 6) is 0. The van der Waals surface area contributed by atoms with Crippen molar-refractivity contribution >= 4 is 18.8 Å². The van der Waals surface area contributed by atoms with E-state index in [0.717, 1.165) is 0 Å². The van der Waals surface area contributed by atoms with Gasteiger partial charge >= 0.3 is 19.6 Å². The summed E-state index contributed by atoms with van der Waals surface area (Å²) in [6.07, 6.45) is -4.55. The van der Waals surface area contributed by atoms with Crippen molar-refractivity contribution in [1.82, 2.24) is 0 Å². The van der Waals surface area contributed by atoms with Gasteiger partial charge in [-0.2, -0.15) is 13.2 Å². The molecule has 2 rings (SSSR count). The molecule has 2 aromatic rings. The molecule has 0 amide bonds. The maximum Gasteiger partial charge on any atom is 0.466 e. The average Bonchev–Trinajstić information content (AvgIpc) is 2.24. The van der Waals surface area contributed by atoms with E-state index in [2.05, 4.69) is 4.42 Å². The Hall–Kier alpha value is -1.67. The second kappa shape index (κ2) is 5.76. The van der Waals surface area contributed by atoms with Gasteiger partial charge in [0.15, 0.2) is 0 Å². The van der Waals surface area contributed by atoms with Crippen molar-refractivity contribution in [3.8, 4) is 0 Å². The molecule has 0 fully saturated rings. The summed E-state index contributed by atoms with van der Waals surface area (Å²) in [5.41, 5.74) is -2.02. The zero-order valence-electron chi connectivity index (χ0n) is 9.53. The van der Waals surface area contributed by atoms with Crippen LogP contribution in [-0.2, 0) is 10.7 Å². The molecule has 6 nitrogen and oxygen atoms in total. The van der Waals surface area contributed by atoms with Crippen LogP contribution in [0.2, 0.25) is 0 Å². The molecule has 0 atom stereocenters. The van der Waals surface area contributed by atoms with Gasteiger partial charge in [0.05, 0.1) is 5.56 Å². The first kappa shape index (κ1) is 16.4. The Bertz CT molecular complexity index is 694. The van der Waals surface area contributed by atoms with E-state index in [4.69, 9.17) is 19.2 Å².